The molecule has 0 saturated heterocycles. The standard InChI is InChI=1S/C24H16N4O2/c29-28(30)20-12-10-17(11-13-20)24-25-22-15-19-9-5-4-8-18(19)14-21(22)23(26-27-24)16-6-2-1-3-7-16/h1-15H,(H,25,27). The quantitative estimate of drug-likeness (QED) is 0.385. The molecule has 0 aromatic heterocycles. The molecule has 0 fully saturated rings. The van der Waals surface area contributed by atoms with Crippen LogP contribution in [0.5, 0.6) is 0 Å². The largest absolute Gasteiger partial charge is 0.269 e. The van der Waals surface area contributed by atoms with Crippen molar-refractivity contribution in [3.8, 4) is 0 Å². The lowest BCUT2D eigenvalue weighted by Gasteiger charge is -2.09. The lowest BCUT2D eigenvalue weighted by molar-refractivity contribution is -0.384. The molecule has 30 heavy (non-hydrogen) atoms. The van der Waals surface area contributed by atoms with E-state index in [2.05, 4.69) is 22.7 Å². The van der Waals surface area contributed by atoms with Crippen molar-refractivity contribution in [1.82, 2.24) is 5.43 Å². The first kappa shape index (κ1) is 17.8. The molecule has 0 atom stereocenters. The number of nitro benzene ring substituents is 1. The zero-order chi connectivity index (χ0) is 20.5. The van der Waals surface area contributed by atoms with Gasteiger partial charge in [0.25, 0.3) is 5.69 Å². The number of fused-ring (bicyclic) bond motifs is 2. The number of nitrogens with one attached hydrogen (secondary N) is 1. The third kappa shape index (κ3) is 3.20. The monoisotopic (exact) mass is 392 g/mol. The highest BCUT2D eigenvalue weighted by molar-refractivity contribution is 6.19. The smallest absolute Gasteiger partial charge is 0.260 e. The first-order valence-corrected chi connectivity index (χ1v) is 9.45. The molecule has 6 nitrogen and oxygen atoms in total. The predicted molar refractivity (Wildman–Crippen MR) is 118 cm³/mol. The Morgan fingerprint density at radius 3 is 2.13 bits per heavy atom. The van der Waals surface area contributed by atoms with Gasteiger partial charge in [0.2, 0.25) is 0 Å². The van der Waals surface area contributed by atoms with Gasteiger partial charge in [-0.15, -0.1) is 0 Å². The fraction of sp³-hybridized carbons (Fsp3) is 0. The topological polar surface area (TPSA) is 79.9 Å². The summed E-state index contributed by atoms with van der Waals surface area (Å²) in [6.45, 7) is 0. The number of nitrogens with zero attached hydrogens (tertiary/aromatic N) is 3. The van der Waals surface area contributed by atoms with E-state index in [1.165, 1.54) is 12.1 Å². The average molecular weight is 392 g/mol. The number of aliphatic imine (C=N–C) groups is 1. The zero-order valence-corrected chi connectivity index (χ0v) is 15.8. The number of rotatable bonds is 3. The molecular weight excluding hydrogens is 376 g/mol. The Hall–Kier alpha value is -4.32. The van der Waals surface area contributed by atoms with Crippen molar-refractivity contribution in [3.05, 3.63) is 118 Å². The normalized spacial score (nSPS) is 12.9. The fourth-order valence-electron chi connectivity index (χ4n) is 3.51. The van der Waals surface area contributed by atoms with Gasteiger partial charge in [-0.25, -0.2) is 4.99 Å². The van der Waals surface area contributed by atoms with Crippen LogP contribution in [-0.2, 0) is 0 Å². The van der Waals surface area contributed by atoms with Gasteiger partial charge in [0, 0.05) is 28.8 Å². The van der Waals surface area contributed by atoms with Crippen LogP contribution in [0.15, 0.2) is 101 Å². The van der Waals surface area contributed by atoms with Crippen LogP contribution in [0.25, 0.3) is 10.8 Å². The Labute approximate surface area is 172 Å². The molecule has 1 aliphatic rings. The third-order valence-corrected chi connectivity index (χ3v) is 5.02. The maximum Gasteiger partial charge on any atom is 0.269 e. The zero-order valence-electron chi connectivity index (χ0n) is 15.8. The minimum absolute atomic E-state index is 0.0350. The van der Waals surface area contributed by atoms with Gasteiger partial charge in [-0.2, -0.15) is 5.10 Å². The molecule has 6 heteroatoms. The third-order valence-electron chi connectivity index (χ3n) is 5.02. The van der Waals surface area contributed by atoms with E-state index in [9.17, 15) is 10.1 Å². The number of benzene rings is 4. The van der Waals surface area contributed by atoms with Crippen LogP contribution in [0.1, 0.15) is 16.7 Å². The highest BCUT2D eigenvalue weighted by Crippen LogP contribution is 2.31. The molecule has 1 aliphatic heterocycles. The van der Waals surface area contributed by atoms with Crippen molar-refractivity contribution in [2.45, 2.75) is 0 Å². The van der Waals surface area contributed by atoms with Gasteiger partial charge < -0.3 is 0 Å². The Balaban J connectivity index is 1.69. The Bertz CT molecular complexity index is 1330. The van der Waals surface area contributed by atoms with Crippen LogP contribution >= 0.6 is 0 Å². The molecule has 0 amide bonds. The summed E-state index contributed by atoms with van der Waals surface area (Å²) in [7, 11) is 0. The van der Waals surface area contributed by atoms with Crippen molar-refractivity contribution < 1.29 is 4.92 Å². The summed E-state index contributed by atoms with van der Waals surface area (Å²) in [5.41, 5.74) is 7.29. The van der Waals surface area contributed by atoms with Crippen LogP contribution in [0.3, 0.4) is 0 Å². The van der Waals surface area contributed by atoms with Gasteiger partial charge in [-0.05, 0) is 35.0 Å². The van der Waals surface area contributed by atoms with Crippen molar-refractivity contribution >= 4 is 33.7 Å². The molecule has 4 aromatic rings. The van der Waals surface area contributed by atoms with Crippen molar-refractivity contribution in [2.24, 2.45) is 10.1 Å². The summed E-state index contributed by atoms with van der Waals surface area (Å²) >= 11 is 0. The van der Waals surface area contributed by atoms with E-state index < -0.39 is 4.92 Å². The second kappa shape index (κ2) is 7.25. The summed E-state index contributed by atoms with van der Waals surface area (Å²) in [5.74, 6) is 0.535. The molecule has 0 unspecified atom stereocenters. The van der Waals surface area contributed by atoms with E-state index >= 15 is 0 Å². The summed E-state index contributed by atoms with van der Waals surface area (Å²) in [5, 5.41) is 17.8. The van der Waals surface area contributed by atoms with Gasteiger partial charge in [0.15, 0.2) is 5.84 Å². The first-order chi connectivity index (χ1) is 14.7. The van der Waals surface area contributed by atoms with Crippen LogP contribution in [-0.4, -0.2) is 16.5 Å². The molecule has 144 valence electrons. The number of amidine groups is 1. The molecule has 0 aliphatic carbocycles. The van der Waals surface area contributed by atoms with E-state index in [1.54, 1.807) is 12.1 Å². The molecule has 0 bridgehead atoms. The first-order valence-electron chi connectivity index (χ1n) is 9.45. The highest BCUT2D eigenvalue weighted by Gasteiger charge is 2.18. The van der Waals surface area contributed by atoms with E-state index in [1.807, 2.05) is 54.6 Å². The van der Waals surface area contributed by atoms with Gasteiger partial charge in [-0.1, -0.05) is 54.6 Å². The molecule has 0 spiro atoms. The summed E-state index contributed by atoms with van der Waals surface area (Å²) in [6.07, 6.45) is 0. The fourth-order valence-corrected chi connectivity index (χ4v) is 3.51. The van der Waals surface area contributed by atoms with Crippen molar-refractivity contribution in [2.75, 3.05) is 0 Å². The highest BCUT2D eigenvalue weighted by atomic mass is 16.6. The van der Waals surface area contributed by atoms with Crippen molar-refractivity contribution in [3.63, 3.8) is 0 Å². The molecule has 5 rings (SSSR count). The van der Waals surface area contributed by atoms with E-state index in [0.29, 0.717) is 5.84 Å². The number of non-ortho nitro benzene ring substituents is 1. The van der Waals surface area contributed by atoms with E-state index in [-0.39, 0.29) is 5.69 Å². The number of hydrogen-bond acceptors (Lipinski definition) is 5. The molecule has 4 aromatic carbocycles. The second-order valence-electron chi connectivity index (χ2n) is 6.92. The number of nitro groups is 1. The number of hydrazone groups is 1. The molecule has 1 heterocycles. The van der Waals surface area contributed by atoms with Crippen LogP contribution in [0.4, 0.5) is 11.4 Å². The SMILES string of the molecule is O=[N+]([O-])c1ccc(C2=Nc3cc4ccccc4cc3C(c3ccccc3)=NN2)cc1. The Morgan fingerprint density at radius 1 is 0.767 bits per heavy atom. The summed E-state index contributed by atoms with van der Waals surface area (Å²) in [4.78, 5) is 15.4. The van der Waals surface area contributed by atoms with Crippen LogP contribution < -0.4 is 5.43 Å². The Kier molecular flexibility index (Phi) is 4.29. The second-order valence-corrected chi connectivity index (χ2v) is 6.92. The van der Waals surface area contributed by atoms with Crippen LogP contribution in [0.2, 0.25) is 0 Å². The Morgan fingerprint density at radius 2 is 1.43 bits per heavy atom. The molecule has 0 saturated carbocycles. The predicted octanol–water partition coefficient (Wildman–Crippen LogP) is 5.18. The van der Waals surface area contributed by atoms with Gasteiger partial charge in [0.05, 0.1) is 16.3 Å². The molecular formula is C24H16N4O2. The summed E-state index contributed by atoms with van der Waals surface area (Å²) < 4.78 is 0. The van der Waals surface area contributed by atoms with Gasteiger partial charge in [-0.3, -0.25) is 15.5 Å². The van der Waals surface area contributed by atoms with Gasteiger partial charge in [0.1, 0.15) is 0 Å². The minimum Gasteiger partial charge on any atom is -0.260 e. The van der Waals surface area contributed by atoms with E-state index in [4.69, 9.17) is 4.99 Å². The van der Waals surface area contributed by atoms with Gasteiger partial charge >= 0.3 is 0 Å². The van der Waals surface area contributed by atoms with Crippen LogP contribution in [0, 0.1) is 10.1 Å². The maximum absolute atomic E-state index is 11.0. The minimum atomic E-state index is -0.417. The lowest BCUT2D eigenvalue weighted by atomic mass is 9.97. The lowest BCUT2D eigenvalue weighted by Crippen LogP contribution is -2.19. The van der Waals surface area contributed by atoms with Crippen molar-refractivity contribution in [1.29, 1.82) is 0 Å². The molecule has 1 N–H and O–H groups in total. The van der Waals surface area contributed by atoms with E-state index in [0.717, 1.165) is 38.9 Å². The average Bonchev–Trinajstić information content (AvgIpc) is 2.97. The maximum atomic E-state index is 11.0. The number of hydrogen-bond donors (Lipinski definition) is 1. The molecule has 0 radical (unpaired) electrons. The summed E-state index contributed by atoms with van der Waals surface area (Å²) in [6, 6.07) is 28.5.